The zero-order valence-corrected chi connectivity index (χ0v) is 10.9. The second kappa shape index (κ2) is 3.87. The van der Waals surface area contributed by atoms with E-state index >= 15 is 0 Å². The summed E-state index contributed by atoms with van der Waals surface area (Å²) in [6.07, 6.45) is 2.47. The Hall–Kier alpha value is -1.41. The molecule has 8 heteroatoms. The molecule has 1 saturated heterocycles. The van der Waals surface area contributed by atoms with Crippen LogP contribution in [0.3, 0.4) is 0 Å². The fourth-order valence-corrected chi connectivity index (χ4v) is 2.92. The van der Waals surface area contributed by atoms with E-state index < -0.39 is 22.4 Å². The van der Waals surface area contributed by atoms with Crippen molar-refractivity contribution in [2.24, 2.45) is 0 Å². The summed E-state index contributed by atoms with van der Waals surface area (Å²) in [7, 11) is 0.511. The van der Waals surface area contributed by atoms with Crippen molar-refractivity contribution in [2.45, 2.75) is 24.6 Å². The second-order valence-electron chi connectivity index (χ2n) is 4.01. The van der Waals surface area contributed by atoms with E-state index in [1.807, 2.05) is 9.97 Å². The van der Waals surface area contributed by atoms with Crippen LogP contribution in [-0.4, -0.2) is 31.4 Å². The zero-order chi connectivity index (χ0) is 11.8. The van der Waals surface area contributed by atoms with Gasteiger partial charge >= 0.3 is 17.1 Å². The minimum atomic E-state index is -0.826. The molecule has 1 aliphatic heterocycles. The molecule has 2 rings (SSSR count). The molecule has 1 aromatic rings. The third-order valence-corrected chi connectivity index (χ3v) is 4.00. The molecular weight excluding hydrogens is 230 g/mol. The van der Waals surface area contributed by atoms with Crippen LogP contribution in [0.5, 0.6) is 0 Å². The van der Waals surface area contributed by atoms with E-state index in [4.69, 9.17) is 4.74 Å². The molecule has 0 aliphatic carbocycles. The topological polar surface area (TPSA) is 96.9 Å². The molecule has 0 amide bonds. The van der Waals surface area contributed by atoms with Crippen molar-refractivity contribution in [1.29, 1.82) is 0 Å². The van der Waals surface area contributed by atoms with Crippen molar-refractivity contribution < 1.29 is 4.74 Å². The summed E-state index contributed by atoms with van der Waals surface area (Å²) in [4.78, 5) is 38.2. The Labute approximate surface area is 92.9 Å². The highest BCUT2D eigenvalue weighted by Gasteiger charge is 2.32. The first-order chi connectivity index (χ1) is 7.53. The average molecular weight is 243 g/mol. The Morgan fingerprint density at radius 3 is 2.31 bits per heavy atom. The Kier molecular flexibility index (Phi) is 2.68. The predicted octanol–water partition coefficient (Wildman–Crippen LogP) is -2.60. The smallest absolute Gasteiger partial charge is 0.335 e. The molecule has 1 fully saturated rings. The molecule has 0 radical (unpaired) electrons. The largest absolute Gasteiger partial charge is 0.360 e. The highest BCUT2D eigenvalue weighted by molar-refractivity contribution is 6.12. The van der Waals surface area contributed by atoms with Gasteiger partial charge in [0, 0.05) is 6.61 Å². The fourth-order valence-electron chi connectivity index (χ4n) is 1.95. The maximum absolute atomic E-state index is 11.6. The summed E-state index contributed by atoms with van der Waals surface area (Å²) in [6, 6.07) is 0. The van der Waals surface area contributed by atoms with Crippen LogP contribution in [0.2, 0.25) is 0 Å². The van der Waals surface area contributed by atoms with Crippen LogP contribution in [0.4, 0.5) is 0 Å². The summed E-state index contributed by atoms with van der Waals surface area (Å²) < 4.78 is 6.52. The highest BCUT2D eigenvalue weighted by Crippen LogP contribution is 2.23. The molecule has 1 aliphatic rings. The fraction of sp³-hybridized carbons (Fsp3) is 0.625. The van der Waals surface area contributed by atoms with Crippen LogP contribution >= 0.6 is 0 Å². The third-order valence-electron chi connectivity index (χ3n) is 2.77. The molecule has 0 aromatic carbocycles. The van der Waals surface area contributed by atoms with Gasteiger partial charge in [-0.2, -0.15) is 0 Å². The van der Waals surface area contributed by atoms with Gasteiger partial charge in [-0.05, 0) is 19.3 Å². The van der Waals surface area contributed by atoms with Crippen LogP contribution in [-0.2, 0) is 10.1 Å². The van der Waals surface area contributed by atoms with E-state index in [0.29, 0.717) is 23.3 Å². The normalized spacial score (nSPS) is 25.8. The first-order valence-corrected chi connectivity index (χ1v) is 6.13. The van der Waals surface area contributed by atoms with E-state index in [1.54, 1.807) is 0 Å². The molecule has 7 nitrogen and oxygen atoms in total. The van der Waals surface area contributed by atoms with Gasteiger partial charge in [-0.15, -0.1) is 0 Å². The van der Waals surface area contributed by atoms with Crippen molar-refractivity contribution in [1.82, 2.24) is 14.5 Å². The standard InChI is InChI=1S/C8H13N3O4Si/c12-5-9-6(13)11(7(14)10-5)8(16)3-1-2-4-15-8/h1-4H2,16H3,(H2,9,10,12,13,14). The van der Waals surface area contributed by atoms with Gasteiger partial charge in [0.15, 0.2) is 0 Å². The molecule has 1 atom stereocenters. The quantitative estimate of drug-likeness (QED) is 0.529. The van der Waals surface area contributed by atoms with Crippen molar-refractivity contribution in [3.05, 3.63) is 31.5 Å². The maximum atomic E-state index is 11.6. The maximum Gasteiger partial charge on any atom is 0.335 e. The molecule has 0 bridgehead atoms. The molecule has 88 valence electrons. The predicted molar refractivity (Wildman–Crippen MR) is 59.7 cm³/mol. The summed E-state index contributed by atoms with van der Waals surface area (Å²) in [6.45, 7) is 0.536. The monoisotopic (exact) mass is 243 g/mol. The minimum Gasteiger partial charge on any atom is -0.360 e. The van der Waals surface area contributed by atoms with E-state index in [1.165, 1.54) is 0 Å². The number of nitrogens with zero attached hydrogens (tertiary/aromatic N) is 1. The number of H-pyrrole nitrogens is 2. The minimum absolute atomic E-state index is 0.511. The van der Waals surface area contributed by atoms with Crippen LogP contribution in [0.1, 0.15) is 19.3 Å². The molecular formula is C8H13N3O4Si. The number of hydrogen-bond acceptors (Lipinski definition) is 4. The summed E-state index contributed by atoms with van der Waals surface area (Å²) in [5, 5.41) is -0.826. The third kappa shape index (κ3) is 1.81. The van der Waals surface area contributed by atoms with E-state index in [2.05, 4.69) is 0 Å². The Morgan fingerprint density at radius 1 is 1.19 bits per heavy atom. The molecule has 1 unspecified atom stereocenters. The Bertz CT molecular complexity index is 517. The highest BCUT2D eigenvalue weighted by atomic mass is 28.1. The van der Waals surface area contributed by atoms with E-state index in [9.17, 15) is 14.4 Å². The van der Waals surface area contributed by atoms with Crippen LogP contribution in [0.25, 0.3) is 0 Å². The molecule has 16 heavy (non-hydrogen) atoms. The van der Waals surface area contributed by atoms with Gasteiger partial charge in [-0.25, -0.2) is 19.0 Å². The number of ether oxygens (including phenoxy) is 1. The molecule has 2 heterocycles. The van der Waals surface area contributed by atoms with Gasteiger partial charge in [0.2, 0.25) is 0 Å². The van der Waals surface area contributed by atoms with Gasteiger partial charge in [0.05, 0.1) is 10.2 Å². The second-order valence-corrected chi connectivity index (χ2v) is 5.57. The van der Waals surface area contributed by atoms with Crippen molar-refractivity contribution in [3.63, 3.8) is 0 Å². The zero-order valence-electron chi connectivity index (χ0n) is 8.91. The number of hydrogen-bond donors (Lipinski definition) is 2. The van der Waals surface area contributed by atoms with Gasteiger partial charge < -0.3 is 4.74 Å². The molecule has 0 saturated carbocycles. The van der Waals surface area contributed by atoms with Gasteiger partial charge in [-0.1, -0.05) is 0 Å². The Balaban J connectivity index is 2.59. The Morgan fingerprint density at radius 2 is 1.81 bits per heavy atom. The van der Waals surface area contributed by atoms with Crippen LogP contribution < -0.4 is 17.1 Å². The van der Waals surface area contributed by atoms with Crippen molar-refractivity contribution in [2.75, 3.05) is 6.61 Å². The van der Waals surface area contributed by atoms with Gasteiger partial charge in [0.1, 0.15) is 5.35 Å². The summed E-state index contributed by atoms with van der Waals surface area (Å²) >= 11 is 0. The summed E-state index contributed by atoms with van der Waals surface area (Å²) in [5.74, 6) is 0. The van der Waals surface area contributed by atoms with Crippen molar-refractivity contribution in [3.8, 4) is 0 Å². The lowest BCUT2D eigenvalue weighted by Crippen LogP contribution is -2.56. The lowest BCUT2D eigenvalue weighted by molar-refractivity contribution is -0.0769. The van der Waals surface area contributed by atoms with E-state index in [-0.39, 0.29) is 0 Å². The van der Waals surface area contributed by atoms with Crippen LogP contribution in [0, 0.1) is 0 Å². The molecule has 0 spiro atoms. The van der Waals surface area contributed by atoms with Gasteiger partial charge in [-0.3, -0.25) is 9.97 Å². The number of aromatic amines is 2. The van der Waals surface area contributed by atoms with E-state index in [0.717, 1.165) is 17.4 Å². The average Bonchev–Trinajstić information content (AvgIpc) is 2.16. The van der Waals surface area contributed by atoms with Crippen molar-refractivity contribution >= 4 is 10.2 Å². The lowest BCUT2D eigenvalue weighted by Gasteiger charge is -2.34. The molecule has 1 aromatic heterocycles. The first kappa shape index (κ1) is 11.1. The summed E-state index contributed by atoms with van der Waals surface area (Å²) in [5.41, 5.74) is -2.19. The number of rotatable bonds is 1. The SMILES string of the molecule is O=c1[nH]c(=O)n(C2([SiH3])CCCCO2)c(=O)[nH]1. The van der Waals surface area contributed by atoms with Gasteiger partial charge in [0.25, 0.3) is 0 Å². The van der Waals surface area contributed by atoms with Crippen LogP contribution in [0.15, 0.2) is 14.4 Å². The first-order valence-electron chi connectivity index (χ1n) is 5.13. The number of aromatic nitrogens is 3. The lowest BCUT2D eigenvalue weighted by atomic mass is 10.2. The molecule has 2 N–H and O–H groups in total. The number of nitrogens with one attached hydrogen (secondary N) is 2.